The Morgan fingerprint density at radius 3 is 2.69 bits per heavy atom. The molecule has 0 aliphatic rings. The maximum Gasteiger partial charge on any atom is 0.341 e. The molecule has 1 aromatic heterocycles. The molecule has 0 saturated carbocycles. The maximum absolute atomic E-state index is 11.1. The van der Waals surface area contributed by atoms with Gasteiger partial charge in [0.15, 0.2) is 0 Å². The van der Waals surface area contributed by atoms with Crippen LogP contribution in [-0.2, 0) is 0 Å². The van der Waals surface area contributed by atoms with Crippen LogP contribution in [0.4, 0.5) is 0 Å². The minimum absolute atomic E-state index is 0.143. The molecule has 0 aliphatic carbocycles. The molecule has 88 valence electrons. The van der Waals surface area contributed by atoms with Gasteiger partial charge in [0.25, 0.3) is 0 Å². The molecule has 0 unspecified atom stereocenters. The van der Waals surface area contributed by atoms with E-state index in [0.717, 1.165) is 6.42 Å². The number of hydrogen-bond acceptors (Lipinski definition) is 3. The highest BCUT2D eigenvalue weighted by Crippen LogP contribution is 2.24. The number of carbonyl (C=O) groups is 1. The largest absolute Gasteiger partial charge is 0.477 e. The number of aromatic carboxylic acids is 1. The van der Waals surface area contributed by atoms with Crippen LogP contribution in [0.3, 0.4) is 0 Å². The molecule has 0 bridgehead atoms. The van der Waals surface area contributed by atoms with Crippen molar-refractivity contribution in [2.45, 2.75) is 39.7 Å². The molecule has 0 fully saturated rings. The van der Waals surface area contributed by atoms with Gasteiger partial charge in [-0.25, -0.2) is 9.78 Å². The topological polar surface area (TPSA) is 59.4 Å². The summed E-state index contributed by atoms with van der Waals surface area (Å²) in [5.74, 6) is -0.813. The van der Waals surface area contributed by atoms with E-state index in [-0.39, 0.29) is 11.4 Å². The Hall–Kier alpha value is -1.58. The molecule has 16 heavy (non-hydrogen) atoms. The number of carboxylic acid groups (broad SMARTS) is 1. The third kappa shape index (κ3) is 2.72. The van der Waals surface area contributed by atoms with Crippen LogP contribution >= 0.6 is 0 Å². The normalized spacial score (nSPS) is 11.2. The summed E-state index contributed by atoms with van der Waals surface area (Å²) in [6.45, 7) is 7.53. The summed E-state index contributed by atoms with van der Waals surface area (Å²) in [5.41, 5.74) is 0.388. The highest BCUT2D eigenvalue weighted by atomic mass is 16.5. The maximum atomic E-state index is 11.1. The van der Waals surface area contributed by atoms with Gasteiger partial charge < -0.3 is 9.84 Å². The molecule has 0 amide bonds. The van der Waals surface area contributed by atoms with Crippen LogP contribution in [-0.4, -0.2) is 21.7 Å². The summed E-state index contributed by atoms with van der Waals surface area (Å²) in [7, 11) is 0. The fourth-order valence-electron chi connectivity index (χ4n) is 1.20. The smallest absolute Gasteiger partial charge is 0.341 e. The van der Waals surface area contributed by atoms with Gasteiger partial charge in [-0.15, -0.1) is 0 Å². The van der Waals surface area contributed by atoms with Crippen molar-refractivity contribution < 1.29 is 14.6 Å². The van der Waals surface area contributed by atoms with Crippen LogP contribution in [0.2, 0.25) is 0 Å². The lowest BCUT2D eigenvalue weighted by Gasteiger charge is -2.25. The summed E-state index contributed by atoms with van der Waals surface area (Å²) in [4.78, 5) is 15.1. The number of aryl methyl sites for hydroxylation is 1. The Bertz CT molecular complexity index is 399. The summed E-state index contributed by atoms with van der Waals surface area (Å²) in [6.07, 6.45) is 2.34. The molecule has 1 heterocycles. The van der Waals surface area contributed by atoms with Crippen LogP contribution in [0.1, 0.15) is 43.1 Å². The molecule has 1 rings (SSSR count). The monoisotopic (exact) mass is 223 g/mol. The number of rotatable bonds is 4. The molecule has 0 aliphatic heterocycles. The Morgan fingerprint density at radius 2 is 2.19 bits per heavy atom. The van der Waals surface area contributed by atoms with Gasteiger partial charge in [-0.2, -0.15) is 0 Å². The van der Waals surface area contributed by atoms with Crippen molar-refractivity contribution in [2.24, 2.45) is 0 Å². The predicted octanol–water partition coefficient (Wildman–Crippen LogP) is 2.66. The second kappa shape index (κ2) is 4.51. The first-order chi connectivity index (χ1) is 7.37. The Balaban J connectivity index is 3.14. The van der Waals surface area contributed by atoms with E-state index in [0.29, 0.717) is 5.56 Å². The lowest BCUT2D eigenvalue weighted by molar-refractivity contribution is 0.0663. The standard InChI is InChI=1S/C12H17NO3/c1-5-12(3,4)16-10-9(11(14)15)8(2)6-7-13-10/h6-7H,5H2,1-4H3,(H,14,15). The highest BCUT2D eigenvalue weighted by molar-refractivity contribution is 5.91. The van der Waals surface area contributed by atoms with Gasteiger partial charge in [-0.05, 0) is 38.8 Å². The first kappa shape index (κ1) is 12.5. The molecule has 4 heteroatoms. The summed E-state index contributed by atoms with van der Waals surface area (Å²) in [5, 5.41) is 9.10. The first-order valence-corrected chi connectivity index (χ1v) is 5.25. The van der Waals surface area contributed by atoms with E-state index in [1.54, 1.807) is 19.2 Å². The predicted molar refractivity (Wildman–Crippen MR) is 60.9 cm³/mol. The van der Waals surface area contributed by atoms with E-state index in [9.17, 15) is 4.79 Å². The van der Waals surface area contributed by atoms with Crippen molar-refractivity contribution >= 4 is 5.97 Å². The van der Waals surface area contributed by atoms with Gasteiger partial charge in [0, 0.05) is 6.20 Å². The third-order valence-electron chi connectivity index (χ3n) is 2.56. The first-order valence-electron chi connectivity index (χ1n) is 5.25. The van der Waals surface area contributed by atoms with Gasteiger partial charge >= 0.3 is 5.97 Å². The zero-order valence-electron chi connectivity index (χ0n) is 10.1. The van der Waals surface area contributed by atoms with E-state index in [4.69, 9.17) is 9.84 Å². The van der Waals surface area contributed by atoms with Crippen LogP contribution in [0, 0.1) is 6.92 Å². The van der Waals surface area contributed by atoms with Crippen LogP contribution in [0.15, 0.2) is 12.3 Å². The molecular weight excluding hydrogens is 206 g/mol. The minimum Gasteiger partial charge on any atom is -0.477 e. The highest BCUT2D eigenvalue weighted by Gasteiger charge is 2.23. The van der Waals surface area contributed by atoms with Gasteiger partial charge in [-0.1, -0.05) is 6.92 Å². The van der Waals surface area contributed by atoms with Gasteiger partial charge in [-0.3, -0.25) is 0 Å². The number of hydrogen-bond donors (Lipinski definition) is 1. The molecular formula is C12H17NO3. The summed E-state index contributed by atoms with van der Waals surface area (Å²) in [6, 6.07) is 1.66. The van der Waals surface area contributed by atoms with E-state index in [1.807, 2.05) is 20.8 Å². The van der Waals surface area contributed by atoms with Gasteiger partial charge in [0.2, 0.25) is 5.88 Å². The molecule has 4 nitrogen and oxygen atoms in total. The fourth-order valence-corrected chi connectivity index (χ4v) is 1.20. The van der Waals surface area contributed by atoms with E-state index < -0.39 is 11.6 Å². The van der Waals surface area contributed by atoms with Crippen molar-refractivity contribution in [3.63, 3.8) is 0 Å². The van der Waals surface area contributed by atoms with Crippen molar-refractivity contribution in [1.82, 2.24) is 4.98 Å². The van der Waals surface area contributed by atoms with Crippen molar-refractivity contribution in [2.75, 3.05) is 0 Å². The molecule has 0 atom stereocenters. The summed E-state index contributed by atoms with van der Waals surface area (Å²) < 4.78 is 5.63. The average Bonchev–Trinajstić information content (AvgIpc) is 2.16. The van der Waals surface area contributed by atoms with Crippen molar-refractivity contribution in [1.29, 1.82) is 0 Å². The van der Waals surface area contributed by atoms with E-state index in [2.05, 4.69) is 4.98 Å². The number of aromatic nitrogens is 1. The zero-order valence-corrected chi connectivity index (χ0v) is 10.1. The summed E-state index contributed by atoms with van der Waals surface area (Å²) >= 11 is 0. The zero-order chi connectivity index (χ0) is 12.3. The molecule has 0 radical (unpaired) electrons. The van der Waals surface area contributed by atoms with Crippen molar-refractivity contribution in [3.05, 3.63) is 23.4 Å². The Morgan fingerprint density at radius 1 is 1.56 bits per heavy atom. The molecule has 1 aromatic rings. The van der Waals surface area contributed by atoms with Gasteiger partial charge in [0.05, 0.1) is 0 Å². The Kier molecular flexibility index (Phi) is 3.52. The SMILES string of the molecule is CCC(C)(C)Oc1nccc(C)c1C(=O)O. The molecule has 0 aromatic carbocycles. The molecule has 1 N–H and O–H groups in total. The number of pyridine rings is 1. The van der Waals surface area contributed by atoms with Crippen LogP contribution < -0.4 is 4.74 Å². The number of nitrogens with zero attached hydrogens (tertiary/aromatic N) is 1. The van der Waals surface area contributed by atoms with Crippen LogP contribution in [0.5, 0.6) is 5.88 Å². The fraction of sp³-hybridized carbons (Fsp3) is 0.500. The number of ether oxygens (including phenoxy) is 1. The van der Waals surface area contributed by atoms with E-state index >= 15 is 0 Å². The van der Waals surface area contributed by atoms with Crippen LogP contribution in [0.25, 0.3) is 0 Å². The lowest BCUT2D eigenvalue weighted by Crippen LogP contribution is -2.28. The third-order valence-corrected chi connectivity index (χ3v) is 2.56. The van der Waals surface area contributed by atoms with E-state index in [1.165, 1.54) is 0 Å². The second-order valence-electron chi connectivity index (χ2n) is 4.33. The average molecular weight is 223 g/mol. The van der Waals surface area contributed by atoms with Gasteiger partial charge in [0.1, 0.15) is 11.2 Å². The number of carboxylic acids is 1. The second-order valence-corrected chi connectivity index (χ2v) is 4.33. The quantitative estimate of drug-likeness (QED) is 0.852. The molecule has 0 saturated heterocycles. The lowest BCUT2D eigenvalue weighted by atomic mass is 10.1. The Labute approximate surface area is 95.3 Å². The van der Waals surface area contributed by atoms with Crippen molar-refractivity contribution in [3.8, 4) is 5.88 Å². The minimum atomic E-state index is -1.01. The molecule has 0 spiro atoms.